The third-order valence-corrected chi connectivity index (χ3v) is 1.39. The Kier molecular flexibility index (Phi) is 18.0. The molecule has 0 nitrogen and oxygen atoms in total. The maximum atomic E-state index is 3.25. The molecule has 9 heavy (non-hydrogen) atoms. The Morgan fingerprint density at radius 1 is 1.22 bits per heavy atom. The minimum absolute atomic E-state index is 0.250. The van der Waals surface area contributed by atoms with Crippen LogP contribution in [0, 0.1) is 5.92 Å². The van der Waals surface area contributed by atoms with E-state index >= 15 is 0 Å². The number of hydrogen-bond acceptors (Lipinski definition) is 0. The molecule has 0 saturated heterocycles. The second-order valence-corrected chi connectivity index (χ2v) is 16.1. The summed E-state index contributed by atoms with van der Waals surface area (Å²) < 4.78 is 0. The molecule has 0 N–H and O–H groups in total. The van der Waals surface area contributed by atoms with Gasteiger partial charge in [-0.2, -0.15) is 0 Å². The van der Waals surface area contributed by atoms with E-state index in [9.17, 15) is 0 Å². The summed E-state index contributed by atoms with van der Waals surface area (Å²) in [6, 6.07) is 0. The molecule has 0 aromatic carbocycles. The Morgan fingerprint density at radius 2 is 1.44 bits per heavy atom. The van der Waals surface area contributed by atoms with Gasteiger partial charge in [-0.15, -0.1) is 0 Å². The summed E-state index contributed by atoms with van der Waals surface area (Å²) in [4.78, 5) is 0. The zero-order chi connectivity index (χ0) is 7.70. The summed E-state index contributed by atoms with van der Waals surface area (Å²) in [5, 5.41) is 0. The van der Waals surface area contributed by atoms with Crippen LogP contribution in [-0.4, -0.2) is 0 Å². The van der Waals surface area contributed by atoms with Crippen LogP contribution in [0.3, 0.4) is 0 Å². The van der Waals surface area contributed by atoms with Crippen molar-refractivity contribution in [2.24, 2.45) is 5.92 Å². The first-order valence-corrected chi connectivity index (χ1v) is 17.2. The second kappa shape index (κ2) is 12.3. The molecule has 0 aliphatic rings. The molecule has 0 fully saturated rings. The van der Waals surface area contributed by atoms with Crippen molar-refractivity contribution in [2.45, 2.75) is 33.6 Å². The first kappa shape index (κ1) is 13.2. The van der Waals surface area contributed by atoms with Gasteiger partial charge in [-0.25, -0.2) is 0 Å². The van der Waals surface area contributed by atoms with Crippen LogP contribution in [0.2, 0.25) is 0 Å². The van der Waals surface area contributed by atoms with E-state index in [2.05, 4.69) is 48.0 Å². The van der Waals surface area contributed by atoms with Crippen molar-refractivity contribution in [3.8, 4) is 0 Å². The van der Waals surface area contributed by atoms with Crippen LogP contribution >= 0.6 is 27.2 Å². The topological polar surface area (TPSA) is 0 Å². The van der Waals surface area contributed by atoms with Gasteiger partial charge in [0.25, 0.3) is 0 Å². The summed E-state index contributed by atoms with van der Waals surface area (Å²) in [5.74, 6) is 0.935. The van der Waals surface area contributed by atoms with Gasteiger partial charge in [0.1, 0.15) is 0 Å². The van der Waals surface area contributed by atoms with Crippen LogP contribution in [-0.2, 0) is 13.2 Å². The zero-order valence-corrected chi connectivity index (χ0v) is 12.6. The van der Waals surface area contributed by atoms with E-state index in [4.69, 9.17) is 0 Å². The van der Waals surface area contributed by atoms with Crippen molar-refractivity contribution >= 4 is 27.2 Å². The average Bonchev–Trinajstić information content (AvgIpc) is 1.88. The van der Waals surface area contributed by atoms with E-state index in [-0.39, 0.29) is 13.2 Å². The molecule has 0 heterocycles. The normalized spacial score (nSPS) is 7.78. The van der Waals surface area contributed by atoms with Crippen LogP contribution in [0.4, 0.5) is 0 Å². The van der Waals surface area contributed by atoms with E-state index in [0.29, 0.717) is 0 Å². The SMILES string of the molecule is CCC(C)CC.[Br][Zn][Br]. The van der Waals surface area contributed by atoms with Crippen molar-refractivity contribution in [3.05, 3.63) is 0 Å². The Labute approximate surface area is 79.5 Å². The van der Waals surface area contributed by atoms with Crippen LogP contribution in [0.1, 0.15) is 33.6 Å². The third-order valence-electron chi connectivity index (χ3n) is 1.39. The molecule has 0 spiro atoms. The average molecular weight is 311 g/mol. The fraction of sp³-hybridized carbons (Fsp3) is 1.00. The fourth-order valence-corrected chi connectivity index (χ4v) is 0.289. The minimum atomic E-state index is -0.250. The molecule has 0 aliphatic heterocycles. The zero-order valence-electron chi connectivity index (χ0n) is 6.45. The van der Waals surface area contributed by atoms with Gasteiger partial charge in [-0.1, -0.05) is 33.6 Å². The molecule has 0 aromatic rings. The summed E-state index contributed by atoms with van der Waals surface area (Å²) in [7, 11) is 0. The predicted molar refractivity (Wildman–Crippen MR) is 47.6 cm³/mol. The van der Waals surface area contributed by atoms with Crippen LogP contribution in [0.5, 0.6) is 0 Å². The van der Waals surface area contributed by atoms with Crippen LogP contribution in [0.25, 0.3) is 0 Å². The van der Waals surface area contributed by atoms with Gasteiger partial charge in [0.15, 0.2) is 0 Å². The summed E-state index contributed by atoms with van der Waals surface area (Å²) in [5.41, 5.74) is 0. The van der Waals surface area contributed by atoms with Gasteiger partial charge in [-0.05, 0) is 5.92 Å². The van der Waals surface area contributed by atoms with Gasteiger partial charge in [0.2, 0.25) is 0 Å². The Morgan fingerprint density at radius 3 is 1.44 bits per heavy atom. The molecule has 3 heteroatoms. The monoisotopic (exact) mass is 308 g/mol. The fourth-order valence-electron chi connectivity index (χ4n) is 0.289. The van der Waals surface area contributed by atoms with Gasteiger partial charge < -0.3 is 0 Å². The summed E-state index contributed by atoms with van der Waals surface area (Å²) in [6.07, 6.45) is 2.66. The Hall–Kier alpha value is 1.58. The van der Waals surface area contributed by atoms with Gasteiger partial charge >= 0.3 is 40.5 Å². The molecular formula is C6H14Br2Zn. The molecule has 0 bridgehead atoms. The molecule has 54 valence electrons. The van der Waals surface area contributed by atoms with Crippen molar-refractivity contribution in [2.75, 3.05) is 0 Å². The number of halogens is 2. The first-order valence-electron chi connectivity index (χ1n) is 3.34. The van der Waals surface area contributed by atoms with Crippen molar-refractivity contribution in [3.63, 3.8) is 0 Å². The van der Waals surface area contributed by atoms with Gasteiger partial charge in [0, 0.05) is 0 Å². The molecule has 0 amide bonds. The molecule has 0 aliphatic carbocycles. The molecular weight excluding hydrogens is 297 g/mol. The molecule has 0 aromatic heterocycles. The number of rotatable bonds is 2. The maximum absolute atomic E-state index is 3.25. The van der Waals surface area contributed by atoms with E-state index in [1.807, 2.05) is 0 Å². The van der Waals surface area contributed by atoms with Crippen LogP contribution in [0.15, 0.2) is 0 Å². The third kappa shape index (κ3) is 17.7. The summed E-state index contributed by atoms with van der Waals surface area (Å²) >= 11 is 6.25. The molecule has 0 rings (SSSR count). The van der Waals surface area contributed by atoms with Crippen LogP contribution < -0.4 is 0 Å². The standard InChI is InChI=1S/C6H14.2BrH.Zn/c1-4-6(3)5-2;;;/h6H,4-5H2,1-3H3;2*1H;/q;;;+2/p-2. The molecule has 0 unspecified atom stereocenters. The van der Waals surface area contributed by atoms with E-state index in [0.717, 1.165) is 5.92 Å². The van der Waals surface area contributed by atoms with Gasteiger partial charge in [-0.3, -0.25) is 0 Å². The van der Waals surface area contributed by atoms with E-state index < -0.39 is 0 Å². The second-order valence-electron chi connectivity index (χ2n) is 2.02. The van der Waals surface area contributed by atoms with Crippen molar-refractivity contribution in [1.29, 1.82) is 0 Å². The predicted octanol–water partition coefficient (Wildman–Crippen LogP) is 4.13. The number of hydrogen-bond donors (Lipinski definition) is 0. The first-order chi connectivity index (χ1) is 4.22. The van der Waals surface area contributed by atoms with E-state index in [1.54, 1.807) is 0 Å². The molecule has 0 saturated carbocycles. The van der Waals surface area contributed by atoms with Gasteiger partial charge in [0.05, 0.1) is 0 Å². The quantitative estimate of drug-likeness (QED) is 0.673. The van der Waals surface area contributed by atoms with Crippen molar-refractivity contribution in [1.82, 2.24) is 0 Å². The Balaban J connectivity index is 0. The summed E-state index contributed by atoms with van der Waals surface area (Å²) in [6.45, 7) is 6.74. The molecule has 0 atom stereocenters. The Bertz CT molecular complexity index is 38.0. The van der Waals surface area contributed by atoms with Crippen molar-refractivity contribution < 1.29 is 13.2 Å². The molecule has 0 radical (unpaired) electrons. The van der Waals surface area contributed by atoms with E-state index in [1.165, 1.54) is 12.8 Å².